The highest BCUT2D eigenvalue weighted by Gasteiger charge is 2.32. The van der Waals surface area contributed by atoms with Gasteiger partial charge in [-0.25, -0.2) is 0 Å². The number of nitrogens with two attached hydrogens (primary N) is 6. The number of Topliss-reactive ketones (excluding diaryl/α,β-unsaturated/α-hetero) is 1. The number of rotatable bonds is 27. The van der Waals surface area contributed by atoms with E-state index < -0.39 is 65.5 Å². The third-order valence-electron chi connectivity index (χ3n) is 7.10. The summed E-state index contributed by atoms with van der Waals surface area (Å²) in [5, 5.41) is 10.6. The van der Waals surface area contributed by atoms with E-state index in [0.717, 1.165) is 0 Å². The number of carbonyl (C=O) groups excluding carboxylic acids is 6. The second-order valence-electron chi connectivity index (χ2n) is 10.9. The van der Waals surface area contributed by atoms with Crippen LogP contribution in [0.1, 0.15) is 77.0 Å². The maximum absolute atomic E-state index is 13.6. The summed E-state index contributed by atoms with van der Waals surface area (Å²) < 4.78 is 0. The topological polar surface area (TPSA) is 307 Å². The van der Waals surface area contributed by atoms with Gasteiger partial charge in [-0.15, -0.1) is 0 Å². The summed E-state index contributed by atoms with van der Waals surface area (Å²) >= 11 is 4.03. The smallest absolute Gasteiger partial charge is 0.287 e. The molecule has 0 heterocycles. The molecule has 0 aromatic heterocycles. The number of thiol groups is 1. The quantitative estimate of drug-likeness (QED) is 0.0236. The minimum absolute atomic E-state index is 0.0691. The van der Waals surface area contributed by atoms with Crippen LogP contribution in [0, 0.1) is 0 Å². The van der Waals surface area contributed by atoms with Crippen molar-refractivity contribution in [3.63, 3.8) is 0 Å². The molecular weight excluding hydrogens is 604 g/mol. The average Bonchev–Trinajstić information content (AvgIpc) is 3.01. The Hall–Kier alpha value is -2.83. The van der Waals surface area contributed by atoms with Crippen molar-refractivity contribution in [2.24, 2.45) is 34.4 Å². The van der Waals surface area contributed by atoms with E-state index in [9.17, 15) is 28.8 Å². The van der Waals surface area contributed by atoms with Gasteiger partial charge in [-0.3, -0.25) is 28.8 Å². The van der Waals surface area contributed by atoms with Gasteiger partial charge in [0.25, 0.3) is 5.91 Å². The first-order valence-corrected chi connectivity index (χ1v) is 16.3. The van der Waals surface area contributed by atoms with E-state index in [2.05, 4.69) is 33.9 Å². The van der Waals surface area contributed by atoms with Gasteiger partial charge in [0.15, 0.2) is 0 Å². The molecule has 0 aliphatic rings. The predicted molar refractivity (Wildman–Crippen MR) is 175 cm³/mol. The van der Waals surface area contributed by atoms with E-state index in [1.807, 2.05) is 0 Å². The number of unbranched alkanes of at least 4 members (excludes halogenated alkanes) is 4. The molecule has 17 heteroatoms. The zero-order valence-electron chi connectivity index (χ0n) is 26.3. The first-order chi connectivity index (χ1) is 21.5. The third kappa shape index (κ3) is 18.0. The highest BCUT2D eigenvalue weighted by molar-refractivity contribution is 7.80. The number of nitrogens with one attached hydrogen (secondary N) is 4. The molecule has 5 amide bonds. The van der Waals surface area contributed by atoms with Crippen molar-refractivity contribution < 1.29 is 28.8 Å². The van der Waals surface area contributed by atoms with E-state index in [-0.39, 0.29) is 31.4 Å². The molecule has 0 unspecified atom stereocenters. The van der Waals surface area contributed by atoms with Gasteiger partial charge in [0.1, 0.15) is 18.1 Å². The summed E-state index contributed by atoms with van der Waals surface area (Å²) in [6, 6.07) is -5.29. The SMILES string of the molecule is NCCCC[C@H](NC(=O)[C@H](CCCCN)NC(=O)[C@@H](N)CS)C(=O)N[C@@H](CCCCN)C(=O)N[C@@H](CCCCN)C(=O)C(N)=O. The van der Waals surface area contributed by atoms with Gasteiger partial charge in [0, 0.05) is 5.75 Å². The molecule has 0 aliphatic carbocycles. The fraction of sp³-hybridized carbons (Fsp3) is 0.786. The molecule has 0 bridgehead atoms. The van der Waals surface area contributed by atoms with Gasteiger partial charge < -0.3 is 55.7 Å². The van der Waals surface area contributed by atoms with Gasteiger partial charge in [-0.05, 0) is 103 Å². The Bertz CT molecular complexity index is 928. The van der Waals surface area contributed by atoms with Crippen LogP contribution in [0.25, 0.3) is 0 Å². The highest BCUT2D eigenvalue weighted by Crippen LogP contribution is 2.09. The lowest BCUT2D eigenvalue weighted by Crippen LogP contribution is -2.58. The molecule has 0 radical (unpaired) electrons. The largest absolute Gasteiger partial charge is 0.363 e. The first-order valence-electron chi connectivity index (χ1n) is 15.7. The van der Waals surface area contributed by atoms with E-state index in [1.54, 1.807) is 0 Å². The molecular formula is C28H56N10O6S. The van der Waals surface area contributed by atoms with Crippen molar-refractivity contribution in [1.82, 2.24) is 21.3 Å². The molecule has 0 rings (SSSR count). The summed E-state index contributed by atoms with van der Waals surface area (Å²) in [4.78, 5) is 76.8. The standard InChI is InChI=1S/C28H56N10O6S/c29-13-5-1-9-19(23(39)24(34)40)35-26(42)21(11-3-7-15-31)37-28(44)22(12-4-8-16-32)38-27(43)20(10-2-6-14-30)36-25(41)18(33)17-45/h18-22,45H,1-17,29-33H2,(H2,34,40)(H,35,42)(H,36,41)(H,37,44)(H,38,43)/t18-,19-,20-,21-,22-/m0/s1. The lowest BCUT2D eigenvalue weighted by Gasteiger charge is -2.27. The van der Waals surface area contributed by atoms with Crippen LogP contribution < -0.4 is 55.7 Å². The Kier molecular flexibility index (Phi) is 23.8. The van der Waals surface area contributed by atoms with Crippen molar-refractivity contribution in [1.29, 1.82) is 0 Å². The van der Waals surface area contributed by atoms with Gasteiger partial charge in [-0.1, -0.05) is 0 Å². The van der Waals surface area contributed by atoms with Crippen molar-refractivity contribution >= 4 is 47.9 Å². The van der Waals surface area contributed by atoms with Crippen LogP contribution in [-0.4, -0.2) is 97.5 Å². The maximum atomic E-state index is 13.6. The molecule has 16 N–H and O–H groups in total. The van der Waals surface area contributed by atoms with Crippen molar-refractivity contribution in [3.05, 3.63) is 0 Å². The molecule has 16 nitrogen and oxygen atoms in total. The monoisotopic (exact) mass is 660 g/mol. The average molecular weight is 661 g/mol. The lowest BCUT2D eigenvalue weighted by molar-refractivity contribution is -0.139. The third-order valence-corrected chi connectivity index (χ3v) is 7.49. The summed E-state index contributed by atoms with van der Waals surface area (Å²) in [5.74, 6) is -4.58. The van der Waals surface area contributed by atoms with Gasteiger partial charge in [0.05, 0.1) is 12.1 Å². The van der Waals surface area contributed by atoms with Crippen molar-refractivity contribution in [2.45, 2.75) is 107 Å². The summed E-state index contributed by atoms with van der Waals surface area (Å²) in [7, 11) is 0. The summed E-state index contributed by atoms with van der Waals surface area (Å²) in [6.45, 7) is 1.48. The Morgan fingerprint density at radius 2 is 0.778 bits per heavy atom. The molecule has 260 valence electrons. The number of carbonyl (C=O) groups is 6. The van der Waals surface area contributed by atoms with Crippen LogP contribution >= 0.6 is 12.6 Å². The number of primary amides is 1. The van der Waals surface area contributed by atoms with Crippen LogP contribution in [0.2, 0.25) is 0 Å². The highest BCUT2D eigenvalue weighted by atomic mass is 32.1. The normalized spacial score (nSPS) is 14.4. The van der Waals surface area contributed by atoms with Crippen molar-refractivity contribution in [2.75, 3.05) is 31.9 Å². The molecule has 0 saturated heterocycles. The molecule has 0 saturated carbocycles. The minimum atomic E-state index is -1.19. The van der Waals surface area contributed by atoms with Crippen LogP contribution in [0.3, 0.4) is 0 Å². The van der Waals surface area contributed by atoms with E-state index in [0.29, 0.717) is 77.5 Å². The zero-order valence-corrected chi connectivity index (χ0v) is 27.2. The van der Waals surface area contributed by atoms with E-state index in [4.69, 9.17) is 34.4 Å². The number of ketones is 1. The lowest BCUT2D eigenvalue weighted by atomic mass is 10.0. The maximum Gasteiger partial charge on any atom is 0.287 e. The summed E-state index contributed by atoms with van der Waals surface area (Å²) in [5.41, 5.74) is 33.3. The van der Waals surface area contributed by atoms with Crippen LogP contribution in [0.4, 0.5) is 0 Å². The molecule has 0 aromatic carbocycles. The van der Waals surface area contributed by atoms with Crippen LogP contribution in [-0.2, 0) is 28.8 Å². The molecule has 45 heavy (non-hydrogen) atoms. The number of hydrogen-bond acceptors (Lipinski definition) is 12. The fourth-order valence-corrected chi connectivity index (χ4v) is 4.56. The molecule has 0 aliphatic heterocycles. The van der Waals surface area contributed by atoms with Crippen LogP contribution in [0.5, 0.6) is 0 Å². The Labute approximate surface area is 271 Å². The Morgan fingerprint density at radius 3 is 1.07 bits per heavy atom. The molecule has 0 aromatic rings. The fourth-order valence-electron chi connectivity index (χ4n) is 4.40. The van der Waals surface area contributed by atoms with Gasteiger partial charge >= 0.3 is 0 Å². The molecule has 0 spiro atoms. The minimum Gasteiger partial charge on any atom is -0.363 e. The number of hydrogen-bond donors (Lipinski definition) is 11. The molecule has 5 atom stereocenters. The Balaban J connectivity index is 6.00. The second-order valence-corrected chi connectivity index (χ2v) is 11.3. The van der Waals surface area contributed by atoms with E-state index >= 15 is 0 Å². The summed E-state index contributed by atoms with van der Waals surface area (Å²) in [6.07, 6.45) is 5.06. The Morgan fingerprint density at radius 1 is 0.489 bits per heavy atom. The zero-order chi connectivity index (χ0) is 34.2. The second kappa shape index (κ2) is 25.4. The predicted octanol–water partition coefficient (Wildman–Crippen LogP) is -3.25. The molecule has 0 fully saturated rings. The van der Waals surface area contributed by atoms with E-state index in [1.165, 1.54) is 0 Å². The number of amides is 5. The first kappa shape index (κ1) is 42.2. The van der Waals surface area contributed by atoms with Crippen LogP contribution in [0.15, 0.2) is 0 Å². The van der Waals surface area contributed by atoms with Gasteiger partial charge in [0.2, 0.25) is 29.4 Å². The van der Waals surface area contributed by atoms with Gasteiger partial charge in [-0.2, -0.15) is 12.6 Å². The van der Waals surface area contributed by atoms with Crippen molar-refractivity contribution in [3.8, 4) is 0 Å².